The Labute approximate surface area is 204 Å². The van der Waals surface area contributed by atoms with E-state index >= 15 is 0 Å². The highest BCUT2D eigenvalue weighted by molar-refractivity contribution is 6.36. The van der Waals surface area contributed by atoms with E-state index in [9.17, 15) is 4.79 Å². The van der Waals surface area contributed by atoms with Gasteiger partial charge in [-0.15, -0.1) is 0 Å². The van der Waals surface area contributed by atoms with Crippen LogP contribution in [0.15, 0.2) is 72.9 Å². The van der Waals surface area contributed by atoms with Gasteiger partial charge in [-0.2, -0.15) is 0 Å². The summed E-state index contributed by atoms with van der Waals surface area (Å²) >= 11 is 6.09. The fraction of sp³-hybridized carbons (Fsp3) is 0.207. The highest BCUT2D eigenvalue weighted by Crippen LogP contribution is 2.36. The predicted molar refractivity (Wildman–Crippen MR) is 141 cm³/mol. The zero-order valence-corrected chi connectivity index (χ0v) is 20.3. The number of carbonyl (C=O) groups is 1. The molecule has 172 valence electrons. The smallest absolute Gasteiger partial charge is 0.256 e. The van der Waals surface area contributed by atoms with Crippen molar-refractivity contribution < 1.29 is 9.53 Å². The molecule has 0 radical (unpaired) electrons. The molecule has 0 fully saturated rings. The van der Waals surface area contributed by atoms with E-state index in [1.165, 1.54) is 5.56 Å². The number of hydrogen-bond donors (Lipinski definition) is 1. The number of hydrogen-bond acceptors (Lipinski definition) is 2. The highest BCUT2D eigenvalue weighted by Gasteiger charge is 2.24. The molecular formula is C29H27ClN2O2. The molecule has 1 aromatic heterocycles. The van der Waals surface area contributed by atoms with Gasteiger partial charge in [0.1, 0.15) is 12.4 Å². The molecule has 4 nitrogen and oxygen atoms in total. The van der Waals surface area contributed by atoms with Crippen molar-refractivity contribution in [2.45, 2.75) is 32.7 Å². The molecule has 0 atom stereocenters. The molecule has 0 saturated heterocycles. The van der Waals surface area contributed by atoms with Crippen molar-refractivity contribution >= 4 is 45.7 Å². The van der Waals surface area contributed by atoms with Gasteiger partial charge in [0.2, 0.25) is 0 Å². The number of fused-ring (bicyclic) bond motifs is 2. The van der Waals surface area contributed by atoms with E-state index in [0.717, 1.165) is 33.5 Å². The molecule has 1 amide bonds. The van der Waals surface area contributed by atoms with Crippen LogP contribution in [0.5, 0.6) is 5.75 Å². The molecular weight excluding hydrogens is 444 g/mol. The van der Waals surface area contributed by atoms with E-state index in [4.69, 9.17) is 16.3 Å². The van der Waals surface area contributed by atoms with E-state index in [0.29, 0.717) is 23.7 Å². The third-order valence-corrected chi connectivity index (χ3v) is 6.44. The molecule has 3 aromatic carbocycles. The first-order valence-electron chi connectivity index (χ1n) is 11.4. The third kappa shape index (κ3) is 4.34. The van der Waals surface area contributed by atoms with E-state index in [-0.39, 0.29) is 11.3 Å². The van der Waals surface area contributed by atoms with Gasteiger partial charge in [0, 0.05) is 38.8 Å². The van der Waals surface area contributed by atoms with Gasteiger partial charge in [0.25, 0.3) is 5.91 Å². The summed E-state index contributed by atoms with van der Waals surface area (Å²) in [7, 11) is 0. The normalized spacial score (nSPS) is 14.5. The van der Waals surface area contributed by atoms with Gasteiger partial charge in [-0.05, 0) is 47.4 Å². The average molecular weight is 471 g/mol. The van der Waals surface area contributed by atoms with Gasteiger partial charge in [-0.25, -0.2) is 0 Å². The van der Waals surface area contributed by atoms with E-state index in [2.05, 4.69) is 61.1 Å². The molecule has 4 aromatic rings. The molecule has 0 spiro atoms. The molecule has 1 aliphatic rings. The maximum Gasteiger partial charge on any atom is 0.256 e. The van der Waals surface area contributed by atoms with Crippen molar-refractivity contribution in [1.82, 2.24) is 4.57 Å². The van der Waals surface area contributed by atoms with Crippen LogP contribution < -0.4 is 10.1 Å². The Morgan fingerprint density at radius 2 is 1.79 bits per heavy atom. The van der Waals surface area contributed by atoms with Crippen LogP contribution >= 0.6 is 11.6 Å². The Bertz CT molecular complexity index is 1410. The van der Waals surface area contributed by atoms with E-state index in [1.54, 1.807) is 6.07 Å². The molecule has 5 rings (SSSR count). The van der Waals surface area contributed by atoms with Crippen molar-refractivity contribution in [3.05, 3.63) is 94.6 Å². The summed E-state index contributed by atoms with van der Waals surface area (Å²) in [4.78, 5) is 12.7. The molecule has 0 bridgehead atoms. The zero-order chi connectivity index (χ0) is 23.9. The molecule has 0 saturated carbocycles. The molecule has 2 heterocycles. The lowest BCUT2D eigenvalue weighted by Crippen LogP contribution is -2.11. The van der Waals surface area contributed by atoms with Gasteiger partial charge < -0.3 is 14.6 Å². The number of halogens is 1. The number of anilines is 1. The Morgan fingerprint density at radius 1 is 1.03 bits per heavy atom. The quantitative estimate of drug-likeness (QED) is 0.314. The lowest BCUT2D eigenvalue weighted by molar-refractivity contribution is -0.110. The van der Waals surface area contributed by atoms with Gasteiger partial charge in [-0.3, -0.25) is 4.79 Å². The van der Waals surface area contributed by atoms with Crippen molar-refractivity contribution in [2.24, 2.45) is 0 Å². The average Bonchev–Trinajstić information content (AvgIpc) is 3.30. The van der Waals surface area contributed by atoms with Crippen molar-refractivity contribution in [3.63, 3.8) is 0 Å². The number of ether oxygens (including phenoxy) is 1. The fourth-order valence-electron chi connectivity index (χ4n) is 4.35. The SMILES string of the molecule is CC(C)(C)c1ccc(OCCn2cc(C=C3C(=O)Nc4cc(Cl)ccc43)c3ccccc32)cc1. The fourth-order valence-corrected chi connectivity index (χ4v) is 4.53. The number of benzene rings is 3. The van der Waals surface area contributed by atoms with Crippen molar-refractivity contribution in [3.8, 4) is 5.75 Å². The second kappa shape index (κ2) is 8.69. The summed E-state index contributed by atoms with van der Waals surface area (Å²) in [5.41, 5.74) is 5.77. The van der Waals surface area contributed by atoms with Crippen LogP contribution in [-0.2, 0) is 16.8 Å². The number of rotatable bonds is 5. The number of aromatic nitrogens is 1. The summed E-state index contributed by atoms with van der Waals surface area (Å²) in [5.74, 6) is 0.751. The Hall–Kier alpha value is -3.50. The molecule has 34 heavy (non-hydrogen) atoms. The number of para-hydroxylation sites is 1. The predicted octanol–water partition coefficient (Wildman–Crippen LogP) is 7.16. The van der Waals surface area contributed by atoms with Gasteiger partial charge in [0.15, 0.2) is 0 Å². The van der Waals surface area contributed by atoms with Crippen LogP contribution in [0.2, 0.25) is 5.02 Å². The van der Waals surface area contributed by atoms with Crippen LogP contribution in [0.4, 0.5) is 5.69 Å². The second-order valence-electron chi connectivity index (χ2n) is 9.62. The summed E-state index contributed by atoms with van der Waals surface area (Å²) in [6.45, 7) is 7.86. The zero-order valence-electron chi connectivity index (χ0n) is 19.6. The lowest BCUT2D eigenvalue weighted by atomic mass is 9.87. The lowest BCUT2D eigenvalue weighted by Gasteiger charge is -2.19. The van der Waals surface area contributed by atoms with Gasteiger partial charge in [0.05, 0.1) is 12.2 Å². The highest BCUT2D eigenvalue weighted by atomic mass is 35.5. The summed E-state index contributed by atoms with van der Waals surface area (Å²) < 4.78 is 8.21. The van der Waals surface area contributed by atoms with Gasteiger partial charge >= 0.3 is 0 Å². The molecule has 0 aliphatic carbocycles. The minimum Gasteiger partial charge on any atom is -0.492 e. The van der Waals surface area contributed by atoms with Gasteiger partial charge in [-0.1, -0.05) is 68.8 Å². The van der Waals surface area contributed by atoms with Crippen molar-refractivity contribution in [2.75, 3.05) is 11.9 Å². The Morgan fingerprint density at radius 3 is 2.56 bits per heavy atom. The van der Waals surface area contributed by atoms with Crippen LogP contribution in [0, 0.1) is 0 Å². The molecule has 0 unspecified atom stereocenters. The van der Waals surface area contributed by atoms with Crippen LogP contribution in [0.3, 0.4) is 0 Å². The first-order valence-corrected chi connectivity index (χ1v) is 11.8. The molecule has 1 aliphatic heterocycles. The number of carbonyl (C=O) groups excluding carboxylic acids is 1. The van der Waals surface area contributed by atoms with Crippen LogP contribution in [-0.4, -0.2) is 17.1 Å². The number of amides is 1. The van der Waals surface area contributed by atoms with Crippen LogP contribution in [0.1, 0.15) is 37.5 Å². The molecule has 1 N–H and O–H groups in total. The summed E-state index contributed by atoms with van der Waals surface area (Å²) in [6, 6.07) is 22.0. The summed E-state index contributed by atoms with van der Waals surface area (Å²) in [5, 5.41) is 4.61. The van der Waals surface area contributed by atoms with Crippen molar-refractivity contribution in [1.29, 1.82) is 0 Å². The largest absolute Gasteiger partial charge is 0.492 e. The Kier molecular flexibility index (Phi) is 5.70. The molecule has 5 heteroatoms. The third-order valence-electron chi connectivity index (χ3n) is 6.21. The Balaban J connectivity index is 1.39. The maximum absolute atomic E-state index is 12.7. The monoisotopic (exact) mass is 470 g/mol. The second-order valence-corrected chi connectivity index (χ2v) is 10.1. The van der Waals surface area contributed by atoms with Crippen LogP contribution in [0.25, 0.3) is 22.6 Å². The minimum absolute atomic E-state index is 0.115. The maximum atomic E-state index is 12.7. The first-order chi connectivity index (χ1) is 16.3. The standard InChI is InChI=1S/C29H27ClN2O2/c1-29(2,3)20-8-11-22(12-9-20)34-15-14-32-18-19(23-6-4-5-7-27(23)32)16-25-24-13-10-21(30)17-26(24)31-28(25)33/h4-13,16-18H,14-15H2,1-3H3,(H,31,33). The number of nitrogens with zero attached hydrogens (tertiary/aromatic N) is 1. The summed E-state index contributed by atoms with van der Waals surface area (Å²) in [6.07, 6.45) is 4.05. The van der Waals surface area contributed by atoms with E-state index < -0.39 is 0 Å². The first kappa shape index (κ1) is 22.3. The minimum atomic E-state index is -0.115. The topological polar surface area (TPSA) is 43.3 Å². The van der Waals surface area contributed by atoms with E-state index in [1.807, 2.05) is 42.5 Å². The number of nitrogens with one attached hydrogen (secondary N) is 1.